The van der Waals surface area contributed by atoms with Crippen LogP contribution in [-0.4, -0.2) is 29.4 Å². The Labute approximate surface area is 116 Å². The van der Waals surface area contributed by atoms with E-state index < -0.39 is 0 Å². The first-order valence-electron chi connectivity index (χ1n) is 7.26. The zero-order valence-electron chi connectivity index (χ0n) is 11.9. The normalized spacial score (nSPS) is 16.4. The van der Waals surface area contributed by atoms with E-state index in [1.807, 2.05) is 6.07 Å². The first-order chi connectivity index (χ1) is 9.19. The van der Waals surface area contributed by atoms with E-state index in [9.17, 15) is 4.79 Å². The summed E-state index contributed by atoms with van der Waals surface area (Å²) in [7, 11) is 0. The molecule has 1 saturated carbocycles. The standard InChI is InChI=1S/C16H24N2O/c1-3-13(2)17-16(19)12-18(15-9-10-15)11-14-7-5-4-6-8-14/h4-8,13,15H,3,9-12H2,1-2H3,(H,17,19). The fourth-order valence-corrected chi connectivity index (χ4v) is 2.18. The maximum absolute atomic E-state index is 12.0. The third-order valence-electron chi connectivity index (χ3n) is 3.66. The molecule has 1 aromatic carbocycles. The van der Waals surface area contributed by atoms with Crippen LogP contribution in [0.5, 0.6) is 0 Å². The second-order valence-corrected chi connectivity index (χ2v) is 5.50. The molecule has 0 spiro atoms. The molecule has 1 atom stereocenters. The van der Waals surface area contributed by atoms with Gasteiger partial charge in [0.15, 0.2) is 0 Å². The third-order valence-corrected chi connectivity index (χ3v) is 3.66. The van der Waals surface area contributed by atoms with Crippen LogP contribution in [0.3, 0.4) is 0 Å². The molecule has 0 heterocycles. The number of nitrogens with one attached hydrogen (secondary N) is 1. The molecular formula is C16H24N2O. The first-order valence-corrected chi connectivity index (χ1v) is 7.26. The van der Waals surface area contributed by atoms with Crippen LogP contribution in [0.25, 0.3) is 0 Å². The first kappa shape index (κ1) is 14.1. The van der Waals surface area contributed by atoms with Gasteiger partial charge in [0.25, 0.3) is 0 Å². The predicted octanol–water partition coefficient (Wildman–Crippen LogP) is 2.57. The highest BCUT2D eigenvalue weighted by Gasteiger charge is 2.30. The minimum absolute atomic E-state index is 0.150. The van der Waals surface area contributed by atoms with Crippen LogP contribution in [0.2, 0.25) is 0 Å². The molecule has 3 nitrogen and oxygen atoms in total. The van der Waals surface area contributed by atoms with Crippen molar-refractivity contribution in [1.29, 1.82) is 0 Å². The summed E-state index contributed by atoms with van der Waals surface area (Å²) in [6.07, 6.45) is 3.43. The molecule has 1 aromatic rings. The van der Waals surface area contributed by atoms with Gasteiger partial charge in [0.05, 0.1) is 6.54 Å². The van der Waals surface area contributed by atoms with Gasteiger partial charge >= 0.3 is 0 Å². The number of carbonyl (C=O) groups is 1. The second-order valence-electron chi connectivity index (χ2n) is 5.50. The largest absolute Gasteiger partial charge is 0.353 e. The fraction of sp³-hybridized carbons (Fsp3) is 0.562. The lowest BCUT2D eigenvalue weighted by atomic mass is 10.2. The summed E-state index contributed by atoms with van der Waals surface area (Å²) in [6, 6.07) is 11.3. The van der Waals surface area contributed by atoms with E-state index in [2.05, 4.69) is 48.3 Å². The molecule has 0 radical (unpaired) electrons. The molecular weight excluding hydrogens is 236 g/mol. The molecule has 1 fully saturated rings. The van der Waals surface area contributed by atoms with Crippen LogP contribution in [0.1, 0.15) is 38.7 Å². The van der Waals surface area contributed by atoms with Crippen molar-refractivity contribution < 1.29 is 4.79 Å². The van der Waals surface area contributed by atoms with Gasteiger partial charge in [0.1, 0.15) is 0 Å². The molecule has 1 unspecified atom stereocenters. The summed E-state index contributed by atoms with van der Waals surface area (Å²) in [4.78, 5) is 14.3. The Balaban J connectivity index is 1.88. The summed E-state index contributed by atoms with van der Waals surface area (Å²) in [5.74, 6) is 0.150. The van der Waals surface area contributed by atoms with Crippen LogP contribution in [0.15, 0.2) is 30.3 Å². The van der Waals surface area contributed by atoms with Crippen LogP contribution in [-0.2, 0) is 11.3 Å². The van der Waals surface area contributed by atoms with E-state index in [0.717, 1.165) is 13.0 Å². The average molecular weight is 260 g/mol. The van der Waals surface area contributed by atoms with Crippen molar-refractivity contribution in [3.05, 3.63) is 35.9 Å². The number of hydrogen-bond donors (Lipinski definition) is 1. The highest BCUT2D eigenvalue weighted by molar-refractivity contribution is 5.78. The van der Waals surface area contributed by atoms with E-state index in [4.69, 9.17) is 0 Å². The van der Waals surface area contributed by atoms with Crippen molar-refractivity contribution in [3.63, 3.8) is 0 Å². The fourth-order valence-electron chi connectivity index (χ4n) is 2.18. The highest BCUT2D eigenvalue weighted by Crippen LogP contribution is 2.27. The number of nitrogens with zero attached hydrogens (tertiary/aromatic N) is 1. The Morgan fingerprint density at radius 3 is 2.63 bits per heavy atom. The van der Waals surface area contributed by atoms with E-state index in [-0.39, 0.29) is 11.9 Å². The van der Waals surface area contributed by atoms with E-state index >= 15 is 0 Å². The van der Waals surface area contributed by atoms with Crippen molar-refractivity contribution in [2.24, 2.45) is 0 Å². The van der Waals surface area contributed by atoms with Gasteiger partial charge in [-0.05, 0) is 31.7 Å². The molecule has 0 bridgehead atoms. The molecule has 0 aliphatic heterocycles. The van der Waals surface area contributed by atoms with Crippen LogP contribution >= 0.6 is 0 Å². The molecule has 1 amide bonds. The summed E-state index contributed by atoms with van der Waals surface area (Å²) in [5.41, 5.74) is 1.28. The van der Waals surface area contributed by atoms with E-state index in [1.54, 1.807) is 0 Å². The lowest BCUT2D eigenvalue weighted by Gasteiger charge is -2.22. The minimum Gasteiger partial charge on any atom is -0.353 e. The predicted molar refractivity (Wildman–Crippen MR) is 77.8 cm³/mol. The van der Waals surface area contributed by atoms with Gasteiger partial charge in [-0.15, -0.1) is 0 Å². The van der Waals surface area contributed by atoms with Crippen LogP contribution in [0.4, 0.5) is 0 Å². The Morgan fingerprint density at radius 1 is 1.37 bits per heavy atom. The van der Waals surface area contributed by atoms with Gasteiger partial charge in [-0.25, -0.2) is 0 Å². The number of rotatable bonds is 7. The van der Waals surface area contributed by atoms with Crippen molar-refractivity contribution >= 4 is 5.91 Å². The molecule has 3 heteroatoms. The quantitative estimate of drug-likeness (QED) is 0.817. The van der Waals surface area contributed by atoms with Crippen molar-refractivity contribution in [2.45, 2.75) is 51.7 Å². The lowest BCUT2D eigenvalue weighted by molar-refractivity contribution is -0.123. The summed E-state index contributed by atoms with van der Waals surface area (Å²) in [5, 5.41) is 3.05. The van der Waals surface area contributed by atoms with Crippen LogP contribution in [0, 0.1) is 0 Å². The van der Waals surface area contributed by atoms with Gasteiger partial charge in [0, 0.05) is 18.6 Å². The zero-order chi connectivity index (χ0) is 13.7. The van der Waals surface area contributed by atoms with Crippen molar-refractivity contribution in [2.75, 3.05) is 6.54 Å². The molecule has 1 aliphatic carbocycles. The Hall–Kier alpha value is -1.35. The maximum atomic E-state index is 12.0. The summed E-state index contributed by atoms with van der Waals surface area (Å²) < 4.78 is 0. The van der Waals surface area contributed by atoms with Crippen LogP contribution < -0.4 is 5.32 Å². The minimum atomic E-state index is 0.150. The molecule has 104 valence electrons. The number of hydrogen-bond acceptors (Lipinski definition) is 2. The van der Waals surface area contributed by atoms with Gasteiger partial charge in [-0.2, -0.15) is 0 Å². The van der Waals surface area contributed by atoms with E-state index in [0.29, 0.717) is 12.6 Å². The molecule has 1 aliphatic rings. The second kappa shape index (κ2) is 6.71. The van der Waals surface area contributed by atoms with Gasteiger partial charge < -0.3 is 5.32 Å². The van der Waals surface area contributed by atoms with Crippen molar-refractivity contribution in [3.8, 4) is 0 Å². The molecule has 19 heavy (non-hydrogen) atoms. The third kappa shape index (κ3) is 4.67. The Morgan fingerprint density at radius 2 is 2.05 bits per heavy atom. The molecule has 0 aromatic heterocycles. The van der Waals surface area contributed by atoms with Gasteiger partial charge in [-0.3, -0.25) is 9.69 Å². The summed E-state index contributed by atoms with van der Waals surface area (Å²) >= 11 is 0. The zero-order valence-corrected chi connectivity index (χ0v) is 11.9. The topological polar surface area (TPSA) is 32.3 Å². The Bertz CT molecular complexity index is 400. The van der Waals surface area contributed by atoms with Gasteiger partial charge in [-0.1, -0.05) is 37.3 Å². The van der Waals surface area contributed by atoms with E-state index in [1.165, 1.54) is 18.4 Å². The number of amides is 1. The lowest BCUT2D eigenvalue weighted by Crippen LogP contribution is -2.41. The Kier molecular flexibility index (Phi) is 4.97. The smallest absolute Gasteiger partial charge is 0.234 e. The maximum Gasteiger partial charge on any atom is 0.234 e. The highest BCUT2D eigenvalue weighted by atomic mass is 16.2. The van der Waals surface area contributed by atoms with Crippen molar-refractivity contribution in [1.82, 2.24) is 10.2 Å². The molecule has 1 N–H and O–H groups in total. The molecule has 2 rings (SSSR count). The average Bonchev–Trinajstić information content (AvgIpc) is 3.23. The monoisotopic (exact) mass is 260 g/mol. The SMILES string of the molecule is CCC(C)NC(=O)CN(Cc1ccccc1)C1CC1. The van der Waals surface area contributed by atoms with Gasteiger partial charge in [0.2, 0.25) is 5.91 Å². The number of benzene rings is 1. The summed E-state index contributed by atoms with van der Waals surface area (Å²) in [6.45, 7) is 5.54. The molecule has 0 saturated heterocycles. The number of carbonyl (C=O) groups excluding carboxylic acids is 1.